The summed E-state index contributed by atoms with van der Waals surface area (Å²) in [5.74, 6) is 0.684. The van der Waals surface area contributed by atoms with Gasteiger partial charge in [0.25, 0.3) is 0 Å². The van der Waals surface area contributed by atoms with E-state index in [9.17, 15) is 5.11 Å². The summed E-state index contributed by atoms with van der Waals surface area (Å²) in [6.07, 6.45) is 5.96. The summed E-state index contributed by atoms with van der Waals surface area (Å²) in [5.41, 5.74) is 1.31. The van der Waals surface area contributed by atoms with E-state index in [4.69, 9.17) is 4.74 Å². The largest absolute Gasteiger partial charge is 0.389 e. The number of methoxy groups -OCH3 is 1. The topological polar surface area (TPSA) is 50.5 Å². The van der Waals surface area contributed by atoms with Crippen LogP contribution in [0.15, 0.2) is 12.4 Å². The first kappa shape index (κ1) is 13.5. The molecule has 0 radical (unpaired) electrons. The van der Waals surface area contributed by atoms with Gasteiger partial charge in [-0.1, -0.05) is 0 Å². The standard InChI is InChI=1S/C13H23N3O2/c1-15-7-12(6-14-15)5-11-3-4-16(8-11)9-13(17)10-18-2/h6-7,11,13,17H,3-5,8-10H2,1-2H3/t11-,13-/m1/s1. The molecule has 2 rings (SSSR count). The van der Waals surface area contributed by atoms with E-state index >= 15 is 0 Å². The monoisotopic (exact) mass is 253 g/mol. The highest BCUT2D eigenvalue weighted by molar-refractivity contribution is 5.05. The van der Waals surface area contributed by atoms with E-state index in [1.807, 2.05) is 17.9 Å². The summed E-state index contributed by atoms with van der Waals surface area (Å²) in [7, 11) is 3.57. The number of aryl methyl sites for hydroxylation is 1. The molecule has 1 aromatic rings. The third-order valence-corrected chi connectivity index (χ3v) is 3.48. The van der Waals surface area contributed by atoms with Crippen molar-refractivity contribution in [2.45, 2.75) is 18.9 Å². The maximum absolute atomic E-state index is 9.71. The molecule has 0 amide bonds. The van der Waals surface area contributed by atoms with Gasteiger partial charge in [0.2, 0.25) is 0 Å². The highest BCUT2D eigenvalue weighted by atomic mass is 16.5. The Labute approximate surface area is 108 Å². The third-order valence-electron chi connectivity index (χ3n) is 3.48. The fourth-order valence-electron chi connectivity index (χ4n) is 2.70. The van der Waals surface area contributed by atoms with Crippen LogP contribution in [0.25, 0.3) is 0 Å². The molecular weight excluding hydrogens is 230 g/mol. The van der Waals surface area contributed by atoms with Crippen molar-refractivity contribution in [3.05, 3.63) is 18.0 Å². The van der Waals surface area contributed by atoms with Crippen LogP contribution in [0.2, 0.25) is 0 Å². The summed E-state index contributed by atoms with van der Waals surface area (Å²) in [5, 5.41) is 13.9. The Hall–Kier alpha value is -0.910. The van der Waals surface area contributed by atoms with Crippen molar-refractivity contribution in [3.63, 3.8) is 0 Å². The van der Waals surface area contributed by atoms with Gasteiger partial charge in [0.15, 0.2) is 0 Å². The van der Waals surface area contributed by atoms with Crippen LogP contribution in [0.3, 0.4) is 0 Å². The first-order chi connectivity index (χ1) is 8.67. The predicted octanol–water partition coefficient (Wildman–Crippen LogP) is 0.292. The fourth-order valence-corrected chi connectivity index (χ4v) is 2.70. The van der Waals surface area contributed by atoms with E-state index in [2.05, 4.69) is 16.2 Å². The Morgan fingerprint density at radius 2 is 2.44 bits per heavy atom. The number of hydrogen-bond donors (Lipinski definition) is 1. The lowest BCUT2D eigenvalue weighted by molar-refractivity contribution is 0.0421. The van der Waals surface area contributed by atoms with E-state index in [1.165, 1.54) is 12.0 Å². The fraction of sp³-hybridized carbons (Fsp3) is 0.769. The zero-order valence-electron chi connectivity index (χ0n) is 11.2. The summed E-state index contributed by atoms with van der Waals surface area (Å²) in [4.78, 5) is 2.32. The number of aromatic nitrogens is 2. The van der Waals surface area contributed by atoms with Crippen LogP contribution in [0.4, 0.5) is 0 Å². The zero-order valence-corrected chi connectivity index (χ0v) is 11.2. The summed E-state index contributed by atoms with van der Waals surface area (Å²) < 4.78 is 6.80. The summed E-state index contributed by atoms with van der Waals surface area (Å²) >= 11 is 0. The molecule has 0 bridgehead atoms. The van der Waals surface area contributed by atoms with Gasteiger partial charge >= 0.3 is 0 Å². The molecule has 1 aliphatic heterocycles. The van der Waals surface area contributed by atoms with Gasteiger partial charge in [0, 0.05) is 33.4 Å². The highest BCUT2D eigenvalue weighted by Gasteiger charge is 2.24. The molecule has 5 nitrogen and oxygen atoms in total. The third kappa shape index (κ3) is 3.80. The average Bonchev–Trinajstić information content (AvgIpc) is 2.89. The minimum absolute atomic E-state index is 0.368. The van der Waals surface area contributed by atoms with Crippen LogP contribution in [0.1, 0.15) is 12.0 Å². The predicted molar refractivity (Wildman–Crippen MR) is 69.3 cm³/mol. The molecule has 5 heteroatoms. The Bertz CT molecular complexity index is 367. The number of rotatable bonds is 6. The molecule has 1 N–H and O–H groups in total. The van der Waals surface area contributed by atoms with Gasteiger partial charge in [-0.2, -0.15) is 5.10 Å². The number of nitrogens with zero attached hydrogens (tertiary/aromatic N) is 3. The Balaban J connectivity index is 1.74. The molecular formula is C13H23N3O2. The number of ether oxygens (including phenoxy) is 1. The SMILES string of the molecule is COC[C@H](O)CN1CC[C@H](Cc2cnn(C)c2)C1. The molecule has 2 atom stereocenters. The summed E-state index contributed by atoms with van der Waals surface area (Å²) in [6.45, 7) is 3.28. The Morgan fingerprint density at radius 3 is 3.11 bits per heavy atom. The Morgan fingerprint density at radius 1 is 1.61 bits per heavy atom. The maximum atomic E-state index is 9.71. The first-order valence-electron chi connectivity index (χ1n) is 6.54. The molecule has 1 saturated heterocycles. The van der Waals surface area contributed by atoms with Gasteiger partial charge in [-0.25, -0.2) is 0 Å². The van der Waals surface area contributed by atoms with Crippen molar-refractivity contribution in [1.29, 1.82) is 0 Å². The van der Waals surface area contributed by atoms with Crippen molar-refractivity contribution in [3.8, 4) is 0 Å². The van der Waals surface area contributed by atoms with E-state index in [0.717, 1.165) is 26.1 Å². The molecule has 0 spiro atoms. The van der Waals surface area contributed by atoms with Crippen LogP contribution >= 0.6 is 0 Å². The molecule has 1 aliphatic rings. The molecule has 1 aromatic heterocycles. The van der Waals surface area contributed by atoms with E-state index in [-0.39, 0.29) is 6.10 Å². The van der Waals surface area contributed by atoms with Gasteiger partial charge in [-0.05, 0) is 30.9 Å². The van der Waals surface area contributed by atoms with Gasteiger partial charge in [-0.3, -0.25) is 4.68 Å². The van der Waals surface area contributed by atoms with Crippen molar-refractivity contribution < 1.29 is 9.84 Å². The number of hydrogen-bond acceptors (Lipinski definition) is 4. The maximum Gasteiger partial charge on any atom is 0.0900 e. The molecule has 102 valence electrons. The van der Waals surface area contributed by atoms with Gasteiger partial charge in [0.1, 0.15) is 0 Å². The second kappa shape index (κ2) is 6.31. The molecule has 1 fully saturated rings. The second-order valence-corrected chi connectivity index (χ2v) is 5.25. The average molecular weight is 253 g/mol. The first-order valence-corrected chi connectivity index (χ1v) is 6.54. The zero-order chi connectivity index (χ0) is 13.0. The molecule has 18 heavy (non-hydrogen) atoms. The van der Waals surface area contributed by atoms with Crippen LogP contribution in [-0.2, 0) is 18.2 Å². The minimum Gasteiger partial charge on any atom is -0.389 e. The van der Waals surface area contributed by atoms with Gasteiger partial charge in [-0.15, -0.1) is 0 Å². The van der Waals surface area contributed by atoms with Crippen LogP contribution in [-0.4, -0.2) is 59.2 Å². The van der Waals surface area contributed by atoms with Crippen LogP contribution < -0.4 is 0 Å². The number of likely N-dealkylation sites (tertiary alicyclic amines) is 1. The highest BCUT2D eigenvalue weighted by Crippen LogP contribution is 2.20. The molecule has 2 heterocycles. The van der Waals surface area contributed by atoms with Crippen molar-refractivity contribution in [2.24, 2.45) is 13.0 Å². The quantitative estimate of drug-likeness (QED) is 0.792. The van der Waals surface area contributed by atoms with Crippen LogP contribution in [0, 0.1) is 5.92 Å². The minimum atomic E-state index is -0.368. The Kier molecular flexibility index (Phi) is 4.74. The second-order valence-electron chi connectivity index (χ2n) is 5.25. The molecule has 0 saturated carbocycles. The number of β-amino-alcohol motifs (C(OH)–C–C–N with tert-alkyl or cyclic N) is 1. The van der Waals surface area contributed by atoms with E-state index in [0.29, 0.717) is 12.5 Å². The number of aliphatic hydroxyl groups excluding tert-OH is 1. The smallest absolute Gasteiger partial charge is 0.0900 e. The van der Waals surface area contributed by atoms with Crippen molar-refractivity contribution >= 4 is 0 Å². The molecule has 0 aliphatic carbocycles. The van der Waals surface area contributed by atoms with Crippen molar-refractivity contribution in [2.75, 3.05) is 33.4 Å². The van der Waals surface area contributed by atoms with Crippen LogP contribution in [0.5, 0.6) is 0 Å². The van der Waals surface area contributed by atoms with Gasteiger partial charge in [0.05, 0.1) is 18.9 Å². The molecule has 0 aromatic carbocycles. The lowest BCUT2D eigenvalue weighted by Crippen LogP contribution is -2.33. The lowest BCUT2D eigenvalue weighted by Gasteiger charge is -2.19. The normalized spacial score (nSPS) is 22.5. The van der Waals surface area contributed by atoms with E-state index < -0.39 is 0 Å². The van der Waals surface area contributed by atoms with Gasteiger partial charge < -0.3 is 14.7 Å². The lowest BCUT2D eigenvalue weighted by atomic mass is 10.0. The number of aliphatic hydroxyl groups is 1. The van der Waals surface area contributed by atoms with E-state index in [1.54, 1.807) is 7.11 Å². The summed E-state index contributed by atoms with van der Waals surface area (Å²) in [6, 6.07) is 0. The van der Waals surface area contributed by atoms with Crippen molar-refractivity contribution in [1.82, 2.24) is 14.7 Å². The molecule has 0 unspecified atom stereocenters.